The molecule has 2 saturated heterocycles. The van der Waals surface area contributed by atoms with Gasteiger partial charge in [-0.3, -0.25) is 14.5 Å². The summed E-state index contributed by atoms with van der Waals surface area (Å²) in [6.07, 6.45) is -0.350. The number of aliphatic carboxylic acids is 1. The van der Waals surface area contributed by atoms with E-state index in [9.17, 15) is 24.0 Å². The van der Waals surface area contributed by atoms with Crippen LogP contribution in [0, 0.1) is 13.8 Å². The van der Waals surface area contributed by atoms with Crippen LogP contribution in [0.4, 0.5) is 0 Å². The standard InChI is InChI=1S/C22H23NO7.C13H15NO5/c1-14-9-10-19(17(11-14)21(25)27-2)29-16-12-18(22(26)30-28-3)23(13-16)20(24)15-7-5-4-6-8-15;1-7-2-3-11(9(4-7)12(15)16)19-8-5-10(13(17)18)14-6-8/h4-11,16,18H,12-13H2,1-3H3;2-4,8,10,14H,5-6H2,1H3,(H,15,16)(H,17,18)/t16-,18-;8-,10-/m00/s1. The Morgan fingerprint density at radius 2 is 1.41 bits per heavy atom. The molecular weight excluding hydrogens is 640 g/mol. The maximum absolute atomic E-state index is 13.0. The molecule has 1 amide bonds. The van der Waals surface area contributed by atoms with Crippen molar-refractivity contribution >= 4 is 29.8 Å². The van der Waals surface area contributed by atoms with Crippen LogP contribution >= 0.6 is 0 Å². The lowest BCUT2D eigenvalue weighted by Gasteiger charge is -2.22. The van der Waals surface area contributed by atoms with Crippen molar-refractivity contribution in [1.82, 2.24) is 10.2 Å². The highest BCUT2D eigenvalue weighted by molar-refractivity contribution is 5.97. The molecule has 0 bridgehead atoms. The number of carboxylic acids is 2. The highest BCUT2D eigenvalue weighted by Crippen LogP contribution is 2.29. The molecule has 3 aromatic rings. The number of benzene rings is 3. The van der Waals surface area contributed by atoms with E-state index in [1.54, 1.807) is 67.6 Å². The summed E-state index contributed by atoms with van der Waals surface area (Å²) in [6, 6.07) is 17.2. The molecule has 2 aliphatic heterocycles. The monoisotopic (exact) mass is 678 g/mol. The summed E-state index contributed by atoms with van der Waals surface area (Å²) in [5.74, 6) is -2.92. The van der Waals surface area contributed by atoms with E-state index in [4.69, 9.17) is 24.4 Å². The Kier molecular flexibility index (Phi) is 12.3. The number of nitrogens with zero attached hydrogens (tertiary/aromatic N) is 1. The molecule has 2 heterocycles. The van der Waals surface area contributed by atoms with Crippen LogP contribution in [0.15, 0.2) is 66.7 Å². The molecule has 260 valence electrons. The van der Waals surface area contributed by atoms with Gasteiger partial charge in [0.25, 0.3) is 5.91 Å². The molecule has 2 aliphatic rings. The number of carboxylic acid groups (broad SMARTS) is 2. The van der Waals surface area contributed by atoms with Crippen molar-refractivity contribution in [1.29, 1.82) is 0 Å². The van der Waals surface area contributed by atoms with Gasteiger partial charge in [0, 0.05) is 24.9 Å². The second-order valence-corrected chi connectivity index (χ2v) is 11.5. The van der Waals surface area contributed by atoms with Gasteiger partial charge in [0.05, 0.1) is 20.8 Å². The molecular formula is C35H38N2O12. The maximum Gasteiger partial charge on any atom is 0.364 e. The third kappa shape index (κ3) is 9.33. The van der Waals surface area contributed by atoms with Crippen molar-refractivity contribution in [2.45, 2.75) is 51.0 Å². The molecule has 3 aromatic carbocycles. The van der Waals surface area contributed by atoms with Gasteiger partial charge in [-0.1, -0.05) is 41.5 Å². The average molecular weight is 679 g/mol. The lowest BCUT2D eigenvalue weighted by Crippen LogP contribution is -2.41. The van der Waals surface area contributed by atoms with Gasteiger partial charge < -0.3 is 34.6 Å². The summed E-state index contributed by atoms with van der Waals surface area (Å²) < 4.78 is 16.4. The Bertz CT molecular complexity index is 1680. The minimum absolute atomic E-state index is 0.0961. The van der Waals surface area contributed by atoms with Gasteiger partial charge in [0.2, 0.25) is 0 Å². The van der Waals surface area contributed by atoms with Crippen LogP contribution in [0.25, 0.3) is 0 Å². The molecule has 2 fully saturated rings. The largest absolute Gasteiger partial charge is 0.488 e. The zero-order valence-corrected chi connectivity index (χ0v) is 27.4. The number of aryl methyl sites for hydroxylation is 2. The summed E-state index contributed by atoms with van der Waals surface area (Å²) in [5.41, 5.74) is 2.52. The summed E-state index contributed by atoms with van der Waals surface area (Å²) in [5, 5.41) is 20.8. The van der Waals surface area contributed by atoms with Crippen LogP contribution in [0.3, 0.4) is 0 Å². The molecule has 5 rings (SSSR count). The molecule has 14 nitrogen and oxygen atoms in total. The molecule has 0 spiro atoms. The van der Waals surface area contributed by atoms with Crippen molar-refractivity contribution in [3.63, 3.8) is 0 Å². The fraction of sp³-hybridized carbons (Fsp3) is 0.343. The second kappa shape index (κ2) is 16.6. The quantitative estimate of drug-likeness (QED) is 0.161. The number of carbonyl (C=O) groups excluding carboxylic acids is 3. The van der Waals surface area contributed by atoms with Gasteiger partial charge in [-0.15, -0.1) is 0 Å². The van der Waals surface area contributed by atoms with Gasteiger partial charge in [-0.05, 0) is 50.2 Å². The number of carbonyl (C=O) groups is 5. The SMILES string of the molecule is COOC(=O)[C@@H]1C[C@H](Oc2ccc(C)cc2C(=O)OC)CN1C(=O)c1ccccc1.Cc1ccc(O[C@@H]2CN[C@H](C(=O)O)C2)c(C(=O)O)c1. The van der Waals surface area contributed by atoms with Crippen LogP contribution < -0.4 is 14.8 Å². The number of esters is 1. The third-order valence-electron chi connectivity index (χ3n) is 7.86. The number of aromatic carboxylic acids is 1. The van der Waals surface area contributed by atoms with Gasteiger partial charge in [0.1, 0.15) is 46.9 Å². The molecule has 0 unspecified atom stereocenters. The van der Waals surface area contributed by atoms with Crippen LogP contribution in [-0.4, -0.2) is 96.5 Å². The van der Waals surface area contributed by atoms with Gasteiger partial charge in [-0.25, -0.2) is 14.4 Å². The Morgan fingerprint density at radius 3 is 1.98 bits per heavy atom. The summed E-state index contributed by atoms with van der Waals surface area (Å²) >= 11 is 0. The first-order chi connectivity index (χ1) is 23.4. The first-order valence-corrected chi connectivity index (χ1v) is 15.3. The van der Waals surface area contributed by atoms with Crippen molar-refractivity contribution in [2.24, 2.45) is 0 Å². The van der Waals surface area contributed by atoms with Crippen molar-refractivity contribution in [3.05, 3.63) is 94.5 Å². The number of likely N-dealkylation sites (tertiary alicyclic amines) is 1. The Balaban J connectivity index is 0.000000244. The average Bonchev–Trinajstić information content (AvgIpc) is 3.74. The first kappa shape index (κ1) is 36.4. The second-order valence-electron chi connectivity index (χ2n) is 11.5. The fourth-order valence-corrected chi connectivity index (χ4v) is 5.49. The summed E-state index contributed by atoms with van der Waals surface area (Å²) in [4.78, 5) is 70.0. The number of rotatable bonds is 10. The van der Waals surface area contributed by atoms with E-state index in [0.29, 0.717) is 24.3 Å². The van der Waals surface area contributed by atoms with Crippen LogP contribution in [-0.2, 0) is 24.1 Å². The Morgan fingerprint density at radius 1 is 0.796 bits per heavy atom. The lowest BCUT2D eigenvalue weighted by molar-refractivity contribution is -0.258. The van der Waals surface area contributed by atoms with E-state index >= 15 is 0 Å². The molecule has 0 radical (unpaired) electrons. The van der Waals surface area contributed by atoms with Crippen LogP contribution in [0.5, 0.6) is 11.5 Å². The smallest absolute Gasteiger partial charge is 0.364 e. The highest BCUT2D eigenvalue weighted by atomic mass is 17.2. The van der Waals surface area contributed by atoms with Gasteiger partial charge >= 0.3 is 23.9 Å². The van der Waals surface area contributed by atoms with E-state index in [1.165, 1.54) is 25.2 Å². The maximum atomic E-state index is 13.0. The van der Waals surface area contributed by atoms with Crippen molar-refractivity contribution in [2.75, 3.05) is 27.3 Å². The first-order valence-electron chi connectivity index (χ1n) is 15.3. The van der Waals surface area contributed by atoms with E-state index < -0.39 is 42.1 Å². The number of amides is 1. The van der Waals surface area contributed by atoms with Crippen molar-refractivity contribution in [3.8, 4) is 11.5 Å². The van der Waals surface area contributed by atoms with E-state index in [0.717, 1.165) is 11.1 Å². The van der Waals surface area contributed by atoms with Gasteiger partial charge in [-0.2, -0.15) is 4.89 Å². The molecule has 49 heavy (non-hydrogen) atoms. The molecule has 3 N–H and O–H groups in total. The highest BCUT2D eigenvalue weighted by Gasteiger charge is 2.43. The van der Waals surface area contributed by atoms with Crippen molar-refractivity contribution < 1.29 is 58.2 Å². The Hall–Kier alpha value is -5.47. The topological polar surface area (TPSA) is 187 Å². The zero-order chi connectivity index (χ0) is 35.7. The number of hydrogen-bond donors (Lipinski definition) is 3. The summed E-state index contributed by atoms with van der Waals surface area (Å²) in [7, 11) is 2.51. The minimum atomic E-state index is -1.06. The van der Waals surface area contributed by atoms with E-state index in [2.05, 4.69) is 15.1 Å². The molecule has 0 aliphatic carbocycles. The summed E-state index contributed by atoms with van der Waals surface area (Å²) in [6.45, 7) is 4.19. The fourth-order valence-electron chi connectivity index (χ4n) is 5.49. The number of ether oxygens (including phenoxy) is 3. The predicted molar refractivity (Wildman–Crippen MR) is 173 cm³/mol. The van der Waals surface area contributed by atoms with Crippen LogP contribution in [0.2, 0.25) is 0 Å². The zero-order valence-electron chi connectivity index (χ0n) is 27.4. The van der Waals surface area contributed by atoms with E-state index in [-0.39, 0.29) is 41.9 Å². The molecule has 4 atom stereocenters. The third-order valence-corrected chi connectivity index (χ3v) is 7.86. The Labute approximate surface area is 282 Å². The number of hydrogen-bond acceptors (Lipinski definition) is 11. The molecule has 0 saturated carbocycles. The molecule has 0 aromatic heterocycles. The number of methoxy groups -OCH3 is 1. The van der Waals surface area contributed by atoms with Gasteiger partial charge in [0.15, 0.2) is 0 Å². The lowest BCUT2D eigenvalue weighted by atomic mass is 10.1. The number of nitrogens with one attached hydrogen (secondary N) is 1. The van der Waals surface area contributed by atoms with E-state index in [1.807, 2.05) is 6.92 Å². The minimum Gasteiger partial charge on any atom is -0.488 e. The van der Waals surface area contributed by atoms with Crippen LogP contribution in [0.1, 0.15) is 55.0 Å². The molecule has 14 heteroatoms. The predicted octanol–water partition coefficient (Wildman–Crippen LogP) is 3.44. The normalized spacial score (nSPS) is 19.6.